The Kier molecular flexibility index (Phi) is 5.88. The van der Waals surface area contributed by atoms with E-state index in [1.165, 1.54) is 6.20 Å². The van der Waals surface area contributed by atoms with Crippen molar-refractivity contribution >= 4 is 21.8 Å². The monoisotopic (exact) mass is 318 g/mol. The third-order valence-corrected chi connectivity index (χ3v) is 5.96. The van der Waals surface area contributed by atoms with Crippen molar-refractivity contribution in [2.45, 2.75) is 24.8 Å². The molecule has 1 aliphatic rings. The summed E-state index contributed by atoms with van der Waals surface area (Å²) in [7, 11) is -3.36. The van der Waals surface area contributed by atoms with Crippen molar-refractivity contribution in [3.05, 3.63) is 12.4 Å². The van der Waals surface area contributed by atoms with E-state index in [9.17, 15) is 8.42 Å². The molecular weight excluding hydrogens is 296 g/mol. The summed E-state index contributed by atoms with van der Waals surface area (Å²) in [6.07, 6.45) is 4.17. The second kappa shape index (κ2) is 7.44. The van der Waals surface area contributed by atoms with Gasteiger partial charge in [-0.25, -0.2) is 8.42 Å². The van der Waals surface area contributed by atoms with Crippen LogP contribution in [0.4, 0.5) is 0 Å². The van der Waals surface area contributed by atoms with E-state index < -0.39 is 10.0 Å². The fourth-order valence-electron chi connectivity index (χ4n) is 2.03. The third kappa shape index (κ3) is 3.97. The van der Waals surface area contributed by atoms with Gasteiger partial charge in [0.15, 0.2) is 0 Å². The largest absolute Gasteiger partial charge is 0.315 e. The van der Waals surface area contributed by atoms with Crippen LogP contribution in [0.25, 0.3) is 0 Å². The number of hydrogen-bond acceptors (Lipinski definition) is 5. The number of thioether (sulfide) groups is 1. The summed E-state index contributed by atoms with van der Waals surface area (Å²) in [5, 5.41) is 7.41. The van der Waals surface area contributed by atoms with E-state index in [-0.39, 0.29) is 0 Å². The van der Waals surface area contributed by atoms with Crippen LogP contribution in [0.2, 0.25) is 0 Å². The Labute approximate surface area is 125 Å². The number of nitrogens with one attached hydrogen (secondary N) is 1. The third-order valence-electron chi connectivity index (χ3n) is 3.16. The molecule has 0 atom stereocenters. The van der Waals surface area contributed by atoms with E-state index >= 15 is 0 Å². The highest BCUT2D eigenvalue weighted by Crippen LogP contribution is 2.19. The molecule has 1 aromatic rings. The van der Waals surface area contributed by atoms with Crippen molar-refractivity contribution in [1.29, 1.82) is 0 Å². The van der Waals surface area contributed by atoms with Crippen LogP contribution in [0, 0.1) is 0 Å². The predicted molar refractivity (Wildman–Crippen MR) is 81.5 cm³/mol. The minimum Gasteiger partial charge on any atom is -0.315 e. The van der Waals surface area contributed by atoms with Crippen LogP contribution in [0.15, 0.2) is 17.3 Å². The van der Waals surface area contributed by atoms with Gasteiger partial charge in [-0.1, -0.05) is 6.92 Å². The number of nitrogens with zero attached hydrogens (tertiary/aromatic N) is 3. The molecule has 0 spiro atoms. The zero-order valence-electron chi connectivity index (χ0n) is 11.8. The zero-order chi connectivity index (χ0) is 14.4. The maximum absolute atomic E-state index is 12.4. The van der Waals surface area contributed by atoms with Crippen molar-refractivity contribution in [1.82, 2.24) is 19.4 Å². The maximum atomic E-state index is 12.4. The van der Waals surface area contributed by atoms with E-state index in [0.29, 0.717) is 24.5 Å². The Bertz CT molecular complexity index is 509. The Balaban J connectivity index is 1.96. The second-order valence-electron chi connectivity index (χ2n) is 4.71. The average Bonchev–Trinajstić information content (AvgIpc) is 2.94. The van der Waals surface area contributed by atoms with Crippen LogP contribution < -0.4 is 5.32 Å². The van der Waals surface area contributed by atoms with Crippen molar-refractivity contribution in [3.63, 3.8) is 0 Å². The van der Waals surface area contributed by atoms with Gasteiger partial charge in [0.2, 0.25) is 10.0 Å². The second-order valence-corrected chi connectivity index (χ2v) is 7.87. The molecule has 1 saturated heterocycles. The predicted octanol–water partition coefficient (Wildman–Crippen LogP) is 0.620. The Morgan fingerprint density at radius 3 is 2.80 bits per heavy atom. The summed E-state index contributed by atoms with van der Waals surface area (Å²) in [5.41, 5.74) is 0. The minimum absolute atomic E-state index is 0.305. The minimum atomic E-state index is -3.36. The molecule has 2 rings (SSSR count). The average molecular weight is 318 g/mol. The van der Waals surface area contributed by atoms with Crippen molar-refractivity contribution in [2.75, 3.05) is 37.7 Å². The van der Waals surface area contributed by atoms with Gasteiger partial charge in [-0.2, -0.15) is 21.2 Å². The Morgan fingerprint density at radius 1 is 1.35 bits per heavy atom. The lowest BCUT2D eigenvalue weighted by Gasteiger charge is -2.24. The highest BCUT2D eigenvalue weighted by Gasteiger charge is 2.27. The molecule has 1 aliphatic heterocycles. The highest BCUT2D eigenvalue weighted by atomic mass is 32.2. The number of rotatable bonds is 7. The maximum Gasteiger partial charge on any atom is 0.246 e. The lowest BCUT2D eigenvalue weighted by molar-refractivity contribution is 0.443. The van der Waals surface area contributed by atoms with Gasteiger partial charge >= 0.3 is 0 Å². The van der Waals surface area contributed by atoms with E-state index in [0.717, 1.165) is 31.0 Å². The molecular formula is C12H22N4O2S2. The molecule has 2 heterocycles. The molecule has 0 unspecified atom stereocenters. The quantitative estimate of drug-likeness (QED) is 0.747. The molecule has 0 aromatic carbocycles. The van der Waals surface area contributed by atoms with Crippen LogP contribution in [-0.4, -0.2) is 60.2 Å². The Hall–Kier alpha value is -0.570. The molecule has 1 fully saturated rings. The number of aromatic nitrogens is 2. The van der Waals surface area contributed by atoms with Gasteiger partial charge in [0.05, 0.1) is 12.7 Å². The molecule has 0 bridgehead atoms. The first-order valence-electron chi connectivity index (χ1n) is 6.95. The van der Waals surface area contributed by atoms with Crippen LogP contribution in [0.3, 0.4) is 0 Å². The number of sulfonamides is 1. The first-order valence-corrected chi connectivity index (χ1v) is 9.55. The summed E-state index contributed by atoms with van der Waals surface area (Å²) in [5.74, 6) is 1.74. The van der Waals surface area contributed by atoms with Crippen molar-refractivity contribution in [2.24, 2.45) is 0 Å². The van der Waals surface area contributed by atoms with Crippen LogP contribution >= 0.6 is 11.8 Å². The molecule has 0 saturated carbocycles. The molecule has 1 aromatic heterocycles. The van der Waals surface area contributed by atoms with E-state index in [1.807, 2.05) is 0 Å². The van der Waals surface area contributed by atoms with Crippen LogP contribution in [0.1, 0.15) is 13.3 Å². The summed E-state index contributed by atoms with van der Waals surface area (Å²) in [6.45, 7) is 5.76. The van der Waals surface area contributed by atoms with E-state index in [1.54, 1.807) is 26.9 Å². The van der Waals surface area contributed by atoms with E-state index in [4.69, 9.17) is 0 Å². The fraction of sp³-hybridized carbons (Fsp3) is 0.750. The molecule has 1 N–H and O–H groups in total. The lowest BCUT2D eigenvalue weighted by Crippen LogP contribution is -2.37. The van der Waals surface area contributed by atoms with Gasteiger partial charge in [-0.05, 0) is 13.0 Å². The van der Waals surface area contributed by atoms with E-state index in [2.05, 4.69) is 17.3 Å². The number of hydrogen-bond donors (Lipinski definition) is 1. The molecule has 20 heavy (non-hydrogen) atoms. The topological polar surface area (TPSA) is 67.2 Å². The van der Waals surface area contributed by atoms with Crippen LogP contribution in [0.5, 0.6) is 0 Å². The first kappa shape index (κ1) is 15.8. The molecule has 8 heteroatoms. The van der Waals surface area contributed by atoms with Gasteiger partial charge in [0.1, 0.15) is 4.90 Å². The smallest absolute Gasteiger partial charge is 0.246 e. The summed E-state index contributed by atoms with van der Waals surface area (Å²) in [6, 6.07) is 0. The lowest BCUT2D eigenvalue weighted by atomic mass is 10.5. The normalized spacial score (nSPS) is 17.4. The SMILES string of the molecule is CCCNCCn1cc(S(=O)(=O)N2CCSCC2)cn1. The van der Waals surface area contributed by atoms with Gasteiger partial charge in [0, 0.05) is 37.3 Å². The highest BCUT2D eigenvalue weighted by molar-refractivity contribution is 7.99. The molecule has 0 radical (unpaired) electrons. The molecule has 114 valence electrons. The van der Waals surface area contributed by atoms with Crippen molar-refractivity contribution in [3.8, 4) is 0 Å². The van der Waals surface area contributed by atoms with Gasteiger partial charge < -0.3 is 5.32 Å². The van der Waals surface area contributed by atoms with Gasteiger partial charge in [-0.15, -0.1) is 0 Å². The first-order chi connectivity index (χ1) is 9.64. The molecule has 6 nitrogen and oxygen atoms in total. The zero-order valence-corrected chi connectivity index (χ0v) is 13.4. The summed E-state index contributed by atoms with van der Waals surface area (Å²) in [4.78, 5) is 0.305. The van der Waals surface area contributed by atoms with Crippen molar-refractivity contribution < 1.29 is 8.42 Å². The summed E-state index contributed by atoms with van der Waals surface area (Å²) < 4.78 is 28.1. The molecule has 0 aliphatic carbocycles. The standard InChI is InChI=1S/C12H22N4O2S2/c1-2-3-13-4-5-15-11-12(10-14-15)20(17,18)16-6-8-19-9-7-16/h10-11,13H,2-9H2,1H3. The molecule has 0 amide bonds. The van der Waals surface area contributed by atoms with Gasteiger partial charge in [-0.3, -0.25) is 4.68 Å². The van der Waals surface area contributed by atoms with Gasteiger partial charge in [0.25, 0.3) is 0 Å². The Morgan fingerprint density at radius 2 is 2.10 bits per heavy atom. The summed E-state index contributed by atoms with van der Waals surface area (Å²) >= 11 is 1.80. The fourth-order valence-corrected chi connectivity index (χ4v) is 4.56. The van der Waals surface area contributed by atoms with Crippen LogP contribution in [-0.2, 0) is 16.6 Å².